The number of amides is 2. The van der Waals surface area contributed by atoms with E-state index in [-0.39, 0.29) is 11.1 Å². The predicted molar refractivity (Wildman–Crippen MR) is 65.4 cm³/mol. The lowest BCUT2D eigenvalue weighted by Crippen LogP contribution is -2.45. The highest BCUT2D eigenvalue weighted by atomic mass is 32.2. The molecule has 2 amide bonds. The molecule has 1 aromatic carbocycles. The average molecular weight is 298 g/mol. The van der Waals surface area contributed by atoms with Crippen LogP contribution in [0.1, 0.15) is 27.6 Å². The molecule has 1 unspecified atom stereocenters. The molecule has 3 N–H and O–H groups in total. The highest BCUT2D eigenvalue weighted by molar-refractivity contribution is 7.90. The Morgan fingerprint density at radius 3 is 2.45 bits per heavy atom. The lowest BCUT2D eigenvalue weighted by molar-refractivity contribution is -0.120. The minimum Gasteiger partial charge on any atom is -0.478 e. The van der Waals surface area contributed by atoms with Crippen molar-refractivity contribution in [2.75, 3.05) is 0 Å². The van der Waals surface area contributed by atoms with Gasteiger partial charge in [0, 0.05) is 0 Å². The molecule has 1 aliphatic heterocycles. The summed E-state index contributed by atoms with van der Waals surface area (Å²) in [4.78, 5) is 33.6. The fraction of sp³-hybridized carbons (Fsp3) is 0.182. The maximum absolute atomic E-state index is 12.2. The molecule has 0 radical (unpaired) electrons. The Morgan fingerprint density at radius 1 is 1.35 bits per heavy atom. The Morgan fingerprint density at radius 2 is 1.95 bits per heavy atom. The van der Waals surface area contributed by atoms with E-state index in [1.807, 2.05) is 0 Å². The second-order valence-electron chi connectivity index (χ2n) is 4.20. The number of carbonyl (C=O) groups excluding carboxylic acids is 2. The number of carboxylic acids is 1. The second kappa shape index (κ2) is 4.30. The first kappa shape index (κ1) is 14.0. The van der Waals surface area contributed by atoms with Crippen LogP contribution in [0.3, 0.4) is 0 Å². The number of hydrogen-bond acceptors (Lipinski definition) is 5. The summed E-state index contributed by atoms with van der Waals surface area (Å²) < 4.78 is 24.8. The molecule has 0 saturated carbocycles. The number of sulfonamides is 1. The Hall–Kier alpha value is -2.42. The van der Waals surface area contributed by atoms with Crippen LogP contribution in [0.2, 0.25) is 0 Å². The third-order valence-electron chi connectivity index (χ3n) is 2.96. The van der Waals surface area contributed by atoms with E-state index < -0.39 is 38.7 Å². The number of nitrogens with two attached hydrogens (primary N) is 1. The number of nitrogens with zero attached hydrogens (tertiary/aromatic N) is 1. The van der Waals surface area contributed by atoms with Crippen LogP contribution in [0.5, 0.6) is 0 Å². The molecular formula is C11H10N2O6S. The van der Waals surface area contributed by atoms with E-state index in [0.717, 1.165) is 18.2 Å². The van der Waals surface area contributed by atoms with Crippen LogP contribution >= 0.6 is 0 Å². The van der Waals surface area contributed by atoms with Gasteiger partial charge in [0.2, 0.25) is 5.91 Å². The van der Waals surface area contributed by atoms with Gasteiger partial charge in [-0.05, 0) is 25.1 Å². The van der Waals surface area contributed by atoms with Gasteiger partial charge in [-0.2, -0.15) is 0 Å². The van der Waals surface area contributed by atoms with Gasteiger partial charge in [-0.3, -0.25) is 9.59 Å². The van der Waals surface area contributed by atoms with E-state index in [2.05, 4.69) is 0 Å². The van der Waals surface area contributed by atoms with Crippen molar-refractivity contribution in [3.8, 4) is 0 Å². The first-order chi connectivity index (χ1) is 9.17. The number of primary amides is 1. The summed E-state index contributed by atoms with van der Waals surface area (Å²) >= 11 is 0. The zero-order valence-corrected chi connectivity index (χ0v) is 11.0. The number of hydrogen-bond donors (Lipinski definition) is 2. The number of carboxylic acid groups (broad SMARTS) is 1. The second-order valence-corrected chi connectivity index (χ2v) is 5.98. The predicted octanol–water partition coefficient (Wildman–Crippen LogP) is -0.597. The molecule has 8 nitrogen and oxygen atoms in total. The van der Waals surface area contributed by atoms with E-state index in [9.17, 15) is 22.8 Å². The van der Waals surface area contributed by atoms with Crippen LogP contribution in [0, 0.1) is 0 Å². The molecule has 1 aromatic rings. The normalized spacial score (nSPS) is 17.6. The maximum atomic E-state index is 12.2. The summed E-state index contributed by atoms with van der Waals surface area (Å²) in [5.74, 6) is -3.20. The lowest BCUT2D eigenvalue weighted by atomic mass is 10.1. The molecule has 2 rings (SSSR count). The van der Waals surface area contributed by atoms with E-state index in [4.69, 9.17) is 10.8 Å². The van der Waals surface area contributed by atoms with Gasteiger partial charge in [0.05, 0.1) is 11.1 Å². The van der Waals surface area contributed by atoms with Gasteiger partial charge >= 0.3 is 5.97 Å². The quantitative estimate of drug-likeness (QED) is 0.765. The first-order valence-electron chi connectivity index (χ1n) is 5.43. The molecule has 0 aliphatic carbocycles. The van der Waals surface area contributed by atoms with Crippen LogP contribution in [0.4, 0.5) is 0 Å². The fourth-order valence-corrected chi connectivity index (χ4v) is 3.64. The zero-order valence-electron chi connectivity index (χ0n) is 10.2. The van der Waals surface area contributed by atoms with Crippen LogP contribution in [0.25, 0.3) is 0 Å². The Balaban J connectivity index is 2.65. The minimum atomic E-state index is -4.28. The van der Waals surface area contributed by atoms with Crippen molar-refractivity contribution in [3.63, 3.8) is 0 Å². The largest absolute Gasteiger partial charge is 0.478 e. The van der Waals surface area contributed by atoms with Gasteiger partial charge in [0.15, 0.2) is 0 Å². The van der Waals surface area contributed by atoms with Crippen LogP contribution in [0.15, 0.2) is 23.1 Å². The fourth-order valence-electron chi connectivity index (χ4n) is 1.88. The van der Waals surface area contributed by atoms with Crippen LogP contribution in [-0.4, -0.2) is 41.7 Å². The van der Waals surface area contributed by atoms with Crippen molar-refractivity contribution in [2.24, 2.45) is 5.73 Å². The van der Waals surface area contributed by atoms with Crippen molar-refractivity contribution in [1.82, 2.24) is 4.31 Å². The molecule has 0 bridgehead atoms. The molecule has 0 aromatic heterocycles. The van der Waals surface area contributed by atoms with Gasteiger partial charge in [0.1, 0.15) is 10.9 Å². The number of carbonyl (C=O) groups is 3. The number of benzene rings is 1. The van der Waals surface area contributed by atoms with E-state index in [1.54, 1.807) is 0 Å². The molecule has 0 fully saturated rings. The number of rotatable bonds is 3. The highest BCUT2D eigenvalue weighted by Crippen LogP contribution is 2.32. The molecule has 9 heteroatoms. The Kier molecular flexibility index (Phi) is 3.01. The van der Waals surface area contributed by atoms with Gasteiger partial charge in [-0.1, -0.05) is 0 Å². The zero-order chi connectivity index (χ0) is 15.2. The first-order valence-corrected chi connectivity index (χ1v) is 6.87. The standard InChI is InChI=1S/C11H10N2O6S/c1-5(9(12)14)13-10(15)7-3-2-6(11(16)17)4-8(7)20(13,18)19/h2-5H,1H3,(H2,12,14)(H,16,17). The Labute approximate surface area is 113 Å². The van der Waals surface area contributed by atoms with Crippen molar-refractivity contribution >= 4 is 27.8 Å². The van der Waals surface area contributed by atoms with Gasteiger partial charge in [-0.25, -0.2) is 17.5 Å². The smallest absolute Gasteiger partial charge is 0.335 e. The summed E-state index contributed by atoms with van der Waals surface area (Å²) in [6.45, 7) is 1.18. The molecule has 106 valence electrons. The minimum absolute atomic E-state index is 0.178. The maximum Gasteiger partial charge on any atom is 0.335 e. The molecule has 0 spiro atoms. The highest BCUT2D eigenvalue weighted by Gasteiger charge is 2.45. The summed E-state index contributed by atoms with van der Waals surface area (Å²) in [6, 6.07) is 1.76. The summed E-state index contributed by atoms with van der Waals surface area (Å²) in [5.41, 5.74) is 4.57. The third kappa shape index (κ3) is 1.83. The molecule has 1 heterocycles. The molecule has 0 saturated heterocycles. The molecular weight excluding hydrogens is 288 g/mol. The van der Waals surface area contributed by atoms with Crippen LogP contribution < -0.4 is 5.73 Å². The monoisotopic (exact) mass is 298 g/mol. The SMILES string of the molecule is CC(C(N)=O)N1C(=O)c2ccc(C(=O)O)cc2S1(=O)=O. The van der Waals surface area contributed by atoms with Crippen molar-refractivity contribution < 1.29 is 27.9 Å². The Bertz CT molecular complexity index is 739. The summed E-state index contributed by atoms with van der Waals surface area (Å²) in [7, 11) is -4.28. The van der Waals surface area contributed by atoms with Gasteiger partial charge in [0.25, 0.3) is 15.9 Å². The van der Waals surface area contributed by atoms with Gasteiger partial charge in [-0.15, -0.1) is 0 Å². The molecule has 1 atom stereocenters. The van der Waals surface area contributed by atoms with Crippen LogP contribution in [-0.2, 0) is 14.8 Å². The van der Waals surface area contributed by atoms with Crippen molar-refractivity contribution in [3.05, 3.63) is 29.3 Å². The average Bonchev–Trinajstić information content (AvgIpc) is 2.56. The summed E-state index contributed by atoms with van der Waals surface area (Å²) in [6.07, 6.45) is 0. The van der Waals surface area contributed by atoms with E-state index >= 15 is 0 Å². The van der Waals surface area contributed by atoms with Crippen molar-refractivity contribution in [1.29, 1.82) is 0 Å². The number of aromatic carboxylic acids is 1. The molecule has 20 heavy (non-hydrogen) atoms. The topological polar surface area (TPSA) is 135 Å². The van der Waals surface area contributed by atoms with Gasteiger partial charge < -0.3 is 10.8 Å². The molecule has 1 aliphatic rings. The summed E-state index contributed by atoms with van der Waals surface area (Å²) in [5, 5.41) is 8.85. The third-order valence-corrected chi connectivity index (χ3v) is 4.85. The lowest BCUT2D eigenvalue weighted by Gasteiger charge is -2.19. The van der Waals surface area contributed by atoms with E-state index in [1.165, 1.54) is 6.92 Å². The van der Waals surface area contributed by atoms with E-state index in [0.29, 0.717) is 4.31 Å². The van der Waals surface area contributed by atoms with Crippen molar-refractivity contribution in [2.45, 2.75) is 17.9 Å². The number of fused-ring (bicyclic) bond motifs is 1.